The van der Waals surface area contributed by atoms with Crippen molar-refractivity contribution in [3.8, 4) is 5.75 Å². The van der Waals surface area contributed by atoms with E-state index in [2.05, 4.69) is 10.3 Å². The van der Waals surface area contributed by atoms with E-state index in [0.29, 0.717) is 18.2 Å². The first-order valence-electron chi connectivity index (χ1n) is 7.19. The quantitative estimate of drug-likeness (QED) is 0.802. The molecule has 23 heavy (non-hydrogen) atoms. The van der Waals surface area contributed by atoms with E-state index in [0.717, 1.165) is 16.5 Å². The Labute approximate surface area is 144 Å². The molecule has 0 aliphatic rings. The third kappa shape index (κ3) is 6.56. The van der Waals surface area contributed by atoms with Crippen molar-refractivity contribution in [2.45, 2.75) is 32.4 Å². The summed E-state index contributed by atoms with van der Waals surface area (Å²) >= 11 is 7.29. The van der Waals surface area contributed by atoms with Crippen LogP contribution in [0.15, 0.2) is 29.6 Å². The van der Waals surface area contributed by atoms with E-state index in [1.54, 1.807) is 24.3 Å². The summed E-state index contributed by atoms with van der Waals surface area (Å²) in [5.41, 5.74) is 6.14. The molecule has 1 aromatic heterocycles. The molecule has 1 aromatic carbocycles. The minimum Gasteiger partial charge on any atom is -0.486 e. The van der Waals surface area contributed by atoms with Crippen LogP contribution in [0.1, 0.15) is 24.5 Å². The molecule has 0 aliphatic heterocycles. The van der Waals surface area contributed by atoms with E-state index < -0.39 is 5.54 Å². The van der Waals surface area contributed by atoms with Crippen LogP contribution < -0.4 is 15.8 Å². The number of aromatic nitrogens is 1. The molecule has 0 saturated carbocycles. The van der Waals surface area contributed by atoms with Crippen molar-refractivity contribution in [3.05, 3.63) is 45.4 Å². The zero-order valence-electron chi connectivity index (χ0n) is 13.1. The average Bonchev–Trinajstić information content (AvgIpc) is 2.91. The smallest absolute Gasteiger partial charge is 0.226 e. The molecular weight excluding hydrogens is 334 g/mol. The Morgan fingerprint density at radius 2 is 2.09 bits per heavy atom. The van der Waals surface area contributed by atoms with E-state index >= 15 is 0 Å². The number of hydrogen-bond donors (Lipinski definition) is 2. The van der Waals surface area contributed by atoms with Crippen LogP contribution >= 0.6 is 22.9 Å². The van der Waals surface area contributed by atoms with Crippen molar-refractivity contribution in [1.29, 1.82) is 0 Å². The Morgan fingerprint density at radius 1 is 1.39 bits per heavy atom. The molecule has 7 heteroatoms. The lowest BCUT2D eigenvalue weighted by Crippen LogP contribution is -2.45. The second-order valence-electron chi connectivity index (χ2n) is 5.92. The van der Waals surface area contributed by atoms with Crippen molar-refractivity contribution in [2.75, 3.05) is 6.54 Å². The van der Waals surface area contributed by atoms with Gasteiger partial charge in [0.2, 0.25) is 5.91 Å². The standard InChI is InChI=1S/C16H20ClN3O2S/c1-16(2,18)10-19-14(21)7-12-9-23-15(20-12)8-22-13-5-3-11(17)4-6-13/h3-6,9H,7-8,10,18H2,1-2H3,(H,19,21). The summed E-state index contributed by atoms with van der Waals surface area (Å²) in [6, 6.07) is 7.15. The lowest BCUT2D eigenvalue weighted by molar-refractivity contribution is -0.120. The SMILES string of the molecule is CC(C)(N)CNC(=O)Cc1csc(COc2ccc(Cl)cc2)n1. The molecule has 124 valence electrons. The van der Waals surface area contributed by atoms with E-state index in [-0.39, 0.29) is 12.3 Å². The third-order valence-electron chi connectivity index (χ3n) is 2.86. The number of halogens is 1. The number of hydrogen-bond acceptors (Lipinski definition) is 5. The van der Waals surface area contributed by atoms with Gasteiger partial charge >= 0.3 is 0 Å². The number of nitrogens with one attached hydrogen (secondary N) is 1. The molecule has 0 saturated heterocycles. The second-order valence-corrected chi connectivity index (χ2v) is 7.30. The highest BCUT2D eigenvalue weighted by Crippen LogP contribution is 2.18. The summed E-state index contributed by atoms with van der Waals surface area (Å²) in [5.74, 6) is 0.646. The molecular formula is C16H20ClN3O2S. The van der Waals surface area contributed by atoms with Crippen molar-refractivity contribution in [1.82, 2.24) is 10.3 Å². The molecule has 0 radical (unpaired) electrons. The first-order chi connectivity index (χ1) is 10.8. The summed E-state index contributed by atoms with van der Waals surface area (Å²) in [4.78, 5) is 16.2. The van der Waals surface area contributed by atoms with Crippen LogP contribution in [0.5, 0.6) is 5.75 Å². The van der Waals surface area contributed by atoms with Crippen LogP contribution in [0.2, 0.25) is 5.02 Å². The van der Waals surface area contributed by atoms with Crippen LogP contribution in [0.25, 0.3) is 0 Å². The van der Waals surface area contributed by atoms with Gasteiger partial charge in [-0.3, -0.25) is 4.79 Å². The molecule has 1 amide bonds. The first kappa shape index (κ1) is 17.7. The first-order valence-corrected chi connectivity index (χ1v) is 8.45. The third-order valence-corrected chi connectivity index (χ3v) is 3.98. The molecule has 2 aromatic rings. The molecule has 1 heterocycles. The van der Waals surface area contributed by atoms with E-state index in [4.69, 9.17) is 22.1 Å². The Balaban J connectivity index is 1.81. The highest BCUT2D eigenvalue weighted by molar-refractivity contribution is 7.09. The van der Waals surface area contributed by atoms with Gasteiger partial charge in [-0.05, 0) is 38.1 Å². The summed E-state index contributed by atoms with van der Waals surface area (Å²) in [6.07, 6.45) is 0.244. The number of nitrogens with two attached hydrogens (primary N) is 1. The van der Waals surface area contributed by atoms with Crippen molar-refractivity contribution in [2.24, 2.45) is 5.73 Å². The molecule has 2 rings (SSSR count). The van der Waals surface area contributed by atoms with Gasteiger partial charge in [-0.1, -0.05) is 11.6 Å². The second kappa shape index (κ2) is 7.77. The highest BCUT2D eigenvalue weighted by atomic mass is 35.5. The van der Waals surface area contributed by atoms with Crippen LogP contribution in [0, 0.1) is 0 Å². The number of benzene rings is 1. The summed E-state index contributed by atoms with van der Waals surface area (Å²) in [7, 11) is 0. The number of ether oxygens (including phenoxy) is 1. The Hall–Kier alpha value is -1.63. The van der Waals surface area contributed by atoms with Crippen LogP contribution in [-0.2, 0) is 17.8 Å². The Kier molecular flexibility index (Phi) is 5.98. The van der Waals surface area contributed by atoms with E-state index in [1.807, 2.05) is 19.2 Å². The lowest BCUT2D eigenvalue weighted by Gasteiger charge is -2.18. The summed E-state index contributed by atoms with van der Waals surface area (Å²) < 4.78 is 5.63. The number of amides is 1. The average molecular weight is 354 g/mol. The van der Waals surface area contributed by atoms with Gasteiger partial charge in [0, 0.05) is 22.5 Å². The Bertz CT molecular complexity index is 650. The number of nitrogens with zero attached hydrogens (tertiary/aromatic N) is 1. The van der Waals surface area contributed by atoms with Crippen LogP contribution in [-0.4, -0.2) is 23.0 Å². The molecule has 5 nitrogen and oxygen atoms in total. The normalized spacial score (nSPS) is 11.3. The van der Waals surface area contributed by atoms with Gasteiger partial charge in [0.25, 0.3) is 0 Å². The highest BCUT2D eigenvalue weighted by Gasteiger charge is 2.13. The van der Waals surface area contributed by atoms with E-state index in [1.165, 1.54) is 11.3 Å². The van der Waals surface area contributed by atoms with Gasteiger partial charge in [-0.25, -0.2) is 4.98 Å². The number of carbonyl (C=O) groups excluding carboxylic acids is 1. The molecule has 0 aliphatic carbocycles. The molecule has 3 N–H and O–H groups in total. The fourth-order valence-electron chi connectivity index (χ4n) is 1.73. The van der Waals surface area contributed by atoms with E-state index in [9.17, 15) is 4.79 Å². The minimum absolute atomic E-state index is 0.0843. The van der Waals surface area contributed by atoms with Gasteiger partial charge in [-0.15, -0.1) is 11.3 Å². The van der Waals surface area contributed by atoms with Gasteiger partial charge in [0.15, 0.2) is 0 Å². The number of thiazole rings is 1. The maximum absolute atomic E-state index is 11.8. The van der Waals surface area contributed by atoms with Crippen LogP contribution in [0.3, 0.4) is 0 Å². The summed E-state index contributed by atoms with van der Waals surface area (Å²) in [5, 5.41) is 6.16. The maximum atomic E-state index is 11.8. The zero-order valence-corrected chi connectivity index (χ0v) is 14.7. The zero-order chi connectivity index (χ0) is 16.9. The van der Waals surface area contributed by atoms with Gasteiger partial charge in [-0.2, -0.15) is 0 Å². The van der Waals surface area contributed by atoms with Gasteiger partial charge in [0.05, 0.1) is 12.1 Å². The van der Waals surface area contributed by atoms with Crippen molar-refractivity contribution < 1.29 is 9.53 Å². The van der Waals surface area contributed by atoms with Crippen LogP contribution in [0.4, 0.5) is 0 Å². The van der Waals surface area contributed by atoms with Crippen molar-refractivity contribution in [3.63, 3.8) is 0 Å². The topological polar surface area (TPSA) is 77.2 Å². The number of rotatable bonds is 7. The Morgan fingerprint density at radius 3 is 2.74 bits per heavy atom. The molecule has 0 spiro atoms. The predicted molar refractivity (Wildman–Crippen MR) is 92.9 cm³/mol. The molecule has 0 atom stereocenters. The lowest BCUT2D eigenvalue weighted by atomic mass is 10.1. The number of carbonyl (C=O) groups is 1. The monoisotopic (exact) mass is 353 g/mol. The largest absolute Gasteiger partial charge is 0.486 e. The molecule has 0 bridgehead atoms. The maximum Gasteiger partial charge on any atom is 0.226 e. The molecule has 0 fully saturated rings. The fraction of sp³-hybridized carbons (Fsp3) is 0.375. The minimum atomic E-state index is -0.421. The van der Waals surface area contributed by atoms with Crippen molar-refractivity contribution >= 4 is 28.8 Å². The molecule has 0 unspecified atom stereocenters. The predicted octanol–water partition coefficient (Wildman–Crippen LogP) is 2.77. The van der Waals surface area contributed by atoms with Gasteiger partial charge in [0.1, 0.15) is 17.4 Å². The fourth-order valence-corrected chi connectivity index (χ4v) is 2.56. The van der Waals surface area contributed by atoms with Gasteiger partial charge < -0.3 is 15.8 Å². The summed E-state index contributed by atoms with van der Waals surface area (Å²) in [6.45, 7) is 4.52.